The van der Waals surface area contributed by atoms with E-state index in [9.17, 15) is 4.79 Å². The van der Waals surface area contributed by atoms with Crippen molar-refractivity contribution in [3.8, 4) is 22.6 Å². The first kappa shape index (κ1) is 24.5. The topological polar surface area (TPSA) is 46.9 Å². The number of imidazole rings is 1. The van der Waals surface area contributed by atoms with Gasteiger partial charge in [0.15, 0.2) is 0 Å². The van der Waals surface area contributed by atoms with Crippen LogP contribution in [0.2, 0.25) is 0 Å². The van der Waals surface area contributed by atoms with Gasteiger partial charge in [-0.1, -0.05) is 112 Å². The molecule has 0 radical (unpaired) electrons. The van der Waals surface area contributed by atoms with E-state index in [1.165, 1.54) is 5.56 Å². The summed E-state index contributed by atoms with van der Waals surface area (Å²) in [5.41, 5.74) is 5.74. The van der Waals surface area contributed by atoms with Gasteiger partial charge in [-0.15, -0.1) is 0 Å². The number of carbonyl (C=O) groups is 1. The number of nitrogens with one attached hydrogen (secondary N) is 1. The molecule has 0 aliphatic rings. The zero-order valence-electron chi connectivity index (χ0n) is 21.0. The average Bonchev–Trinajstić information content (AvgIpc) is 3.30. The zero-order valence-corrected chi connectivity index (χ0v) is 21.0. The van der Waals surface area contributed by atoms with Crippen LogP contribution in [-0.4, -0.2) is 15.5 Å². The first-order chi connectivity index (χ1) is 17.2. The number of carbonyl (C=O) groups excluding carboxylic acids is 1. The minimum atomic E-state index is -0.0866. The van der Waals surface area contributed by atoms with E-state index in [4.69, 9.17) is 4.98 Å². The van der Waals surface area contributed by atoms with Crippen LogP contribution in [0, 0.1) is 0 Å². The number of amides is 1. The second-order valence-electron chi connectivity index (χ2n) is 8.92. The van der Waals surface area contributed by atoms with E-state index in [0.717, 1.165) is 53.9 Å². The fourth-order valence-electron chi connectivity index (χ4n) is 4.64. The van der Waals surface area contributed by atoms with Gasteiger partial charge in [0.25, 0.3) is 5.91 Å². The molecule has 1 aromatic heterocycles. The van der Waals surface area contributed by atoms with Crippen molar-refractivity contribution in [3.63, 3.8) is 0 Å². The lowest BCUT2D eigenvalue weighted by molar-refractivity contribution is 0.0926. The molecule has 1 N–H and O–H groups in total. The molecule has 0 aliphatic heterocycles. The van der Waals surface area contributed by atoms with Crippen LogP contribution in [0.4, 0.5) is 0 Å². The maximum atomic E-state index is 13.9. The molecule has 4 rings (SSSR count). The summed E-state index contributed by atoms with van der Waals surface area (Å²) < 4.78 is 2.05. The van der Waals surface area contributed by atoms with Crippen molar-refractivity contribution < 1.29 is 4.79 Å². The highest BCUT2D eigenvalue weighted by Crippen LogP contribution is 2.31. The monoisotopic (exact) mass is 465 g/mol. The van der Waals surface area contributed by atoms with Crippen LogP contribution in [0.3, 0.4) is 0 Å². The number of hydrogen-bond donors (Lipinski definition) is 1. The zero-order chi connectivity index (χ0) is 24.6. The molecule has 4 nitrogen and oxygen atoms in total. The van der Waals surface area contributed by atoms with Crippen LogP contribution in [0.25, 0.3) is 22.6 Å². The van der Waals surface area contributed by atoms with Crippen molar-refractivity contribution in [2.24, 2.45) is 0 Å². The van der Waals surface area contributed by atoms with Crippen LogP contribution in [-0.2, 0) is 13.0 Å². The molecular weight excluding hydrogens is 430 g/mol. The highest BCUT2D eigenvalue weighted by Gasteiger charge is 2.26. The Bertz CT molecular complexity index is 1230. The van der Waals surface area contributed by atoms with Gasteiger partial charge in [0.05, 0.1) is 6.04 Å². The van der Waals surface area contributed by atoms with Crippen LogP contribution < -0.4 is 5.32 Å². The Morgan fingerprint density at radius 2 is 1.49 bits per heavy atom. The molecule has 1 heterocycles. The molecular formula is C31H35N3O. The van der Waals surface area contributed by atoms with Crippen LogP contribution in [0.1, 0.15) is 67.7 Å². The Morgan fingerprint density at radius 1 is 0.829 bits per heavy atom. The van der Waals surface area contributed by atoms with Gasteiger partial charge in [0, 0.05) is 17.7 Å². The molecule has 4 heteroatoms. The third-order valence-corrected chi connectivity index (χ3v) is 6.38. The Morgan fingerprint density at radius 3 is 2.09 bits per heavy atom. The molecule has 180 valence electrons. The number of benzene rings is 3. The molecule has 0 saturated heterocycles. The van der Waals surface area contributed by atoms with Crippen LogP contribution >= 0.6 is 0 Å². The summed E-state index contributed by atoms with van der Waals surface area (Å²) in [4.78, 5) is 19.0. The Labute approximate surface area is 209 Å². The summed E-state index contributed by atoms with van der Waals surface area (Å²) >= 11 is 0. The summed E-state index contributed by atoms with van der Waals surface area (Å²) in [5, 5.41) is 3.33. The van der Waals surface area contributed by atoms with Gasteiger partial charge in [0.1, 0.15) is 17.2 Å². The van der Waals surface area contributed by atoms with Gasteiger partial charge < -0.3 is 9.88 Å². The van der Waals surface area contributed by atoms with Gasteiger partial charge in [-0.05, 0) is 30.9 Å². The van der Waals surface area contributed by atoms with Gasteiger partial charge in [0.2, 0.25) is 0 Å². The van der Waals surface area contributed by atoms with E-state index in [1.54, 1.807) is 0 Å². The predicted molar refractivity (Wildman–Crippen MR) is 144 cm³/mol. The molecule has 4 aromatic rings. The third-order valence-electron chi connectivity index (χ3n) is 6.38. The van der Waals surface area contributed by atoms with Gasteiger partial charge in [-0.25, -0.2) is 4.98 Å². The van der Waals surface area contributed by atoms with Gasteiger partial charge >= 0.3 is 0 Å². The SMILES string of the molecule is CCCc1ccc(-c2nc(-c3ccccc3)n(CC)c2C(=O)NC(CCC)c2ccccc2)cc1. The fraction of sp³-hybridized carbons (Fsp3) is 0.290. The lowest BCUT2D eigenvalue weighted by Crippen LogP contribution is -2.30. The first-order valence-corrected chi connectivity index (χ1v) is 12.8. The van der Waals surface area contributed by atoms with Crippen molar-refractivity contribution in [1.29, 1.82) is 0 Å². The molecule has 1 unspecified atom stereocenters. The highest BCUT2D eigenvalue weighted by molar-refractivity contribution is 5.99. The van der Waals surface area contributed by atoms with E-state index < -0.39 is 0 Å². The molecule has 0 bridgehead atoms. The van der Waals surface area contributed by atoms with E-state index in [-0.39, 0.29) is 11.9 Å². The molecule has 0 aliphatic carbocycles. The number of rotatable bonds is 10. The van der Waals surface area contributed by atoms with E-state index in [0.29, 0.717) is 12.2 Å². The standard InChI is InChI=1S/C31H35N3O/c1-4-13-23-19-21-25(22-20-23)28-29(34(6-3)30(33-28)26-17-11-8-12-18-26)31(35)32-27(14-5-2)24-15-9-7-10-16-24/h7-12,15-22,27H,4-6,13-14H2,1-3H3,(H,32,35). The fourth-order valence-corrected chi connectivity index (χ4v) is 4.64. The Kier molecular flexibility index (Phi) is 8.15. The minimum absolute atomic E-state index is 0.0474. The minimum Gasteiger partial charge on any atom is -0.344 e. The van der Waals surface area contributed by atoms with E-state index in [2.05, 4.69) is 62.5 Å². The maximum absolute atomic E-state index is 13.9. The van der Waals surface area contributed by atoms with Crippen LogP contribution in [0.5, 0.6) is 0 Å². The van der Waals surface area contributed by atoms with Gasteiger partial charge in [-0.3, -0.25) is 4.79 Å². The molecule has 3 aromatic carbocycles. The molecule has 35 heavy (non-hydrogen) atoms. The molecule has 0 spiro atoms. The van der Waals surface area contributed by atoms with Crippen molar-refractivity contribution >= 4 is 5.91 Å². The quantitative estimate of drug-likeness (QED) is 0.264. The molecule has 1 amide bonds. The highest BCUT2D eigenvalue weighted by atomic mass is 16.2. The van der Waals surface area contributed by atoms with Crippen molar-refractivity contribution in [2.75, 3.05) is 0 Å². The Hall–Kier alpha value is -3.66. The van der Waals surface area contributed by atoms with Gasteiger partial charge in [-0.2, -0.15) is 0 Å². The lowest BCUT2D eigenvalue weighted by atomic mass is 10.0. The number of aryl methyl sites for hydroxylation is 1. The number of nitrogens with zero attached hydrogens (tertiary/aromatic N) is 2. The van der Waals surface area contributed by atoms with E-state index in [1.807, 2.05) is 53.1 Å². The summed E-state index contributed by atoms with van der Waals surface area (Å²) in [6.07, 6.45) is 4.01. The van der Waals surface area contributed by atoms with Crippen molar-refractivity contribution in [3.05, 3.63) is 102 Å². The van der Waals surface area contributed by atoms with Crippen molar-refractivity contribution in [1.82, 2.24) is 14.9 Å². The van der Waals surface area contributed by atoms with E-state index >= 15 is 0 Å². The number of hydrogen-bond acceptors (Lipinski definition) is 2. The second-order valence-corrected chi connectivity index (χ2v) is 8.92. The second kappa shape index (κ2) is 11.7. The summed E-state index contributed by atoms with van der Waals surface area (Å²) in [7, 11) is 0. The summed E-state index contributed by atoms with van der Waals surface area (Å²) in [6, 6.07) is 28.8. The molecule has 0 saturated carbocycles. The third kappa shape index (κ3) is 5.54. The maximum Gasteiger partial charge on any atom is 0.270 e. The average molecular weight is 466 g/mol. The molecule has 0 fully saturated rings. The van der Waals surface area contributed by atoms with Crippen molar-refractivity contribution in [2.45, 2.75) is 59.0 Å². The predicted octanol–water partition coefficient (Wildman–Crippen LogP) is 7.46. The Balaban J connectivity index is 1.80. The van der Waals surface area contributed by atoms with Crippen LogP contribution in [0.15, 0.2) is 84.9 Å². The first-order valence-electron chi connectivity index (χ1n) is 12.8. The molecule has 1 atom stereocenters. The normalized spacial score (nSPS) is 11.9. The lowest BCUT2D eigenvalue weighted by Gasteiger charge is -2.20. The number of aromatic nitrogens is 2. The summed E-state index contributed by atoms with van der Waals surface area (Å²) in [6.45, 7) is 7.05. The summed E-state index contributed by atoms with van der Waals surface area (Å²) in [5.74, 6) is 0.731. The largest absolute Gasteiger partial charge is 0.344 e. The smallest absolute Gasteiger partial charge is 0.270 e.